The monoisotopic (exact) mass is 229 g/mol. The van der Waals surface area contributed by atoms with Gasteiger partial charge < -0.3 is 5.32 Å². The van der Waals surface area contributed by atoms with E-state index in [9.17, 15) is 0 Å². The molecule has 0 unspecified atom stereocenters. The Bertz CT molecular complexity index is 314. The molecule has 0 amide bonds. The van der Waals surface area contributed by atoms with E-state index in [4.69, 9.17) is 23.2 Å². The molecule has 3 heteroatoms. The highest BCUT2D eigenvalue weighted by Crippen LogP contribution is 2.34. The molecular formula is C11H13Cl2N. The molecule has 1 N–H and O–H groups in total. The second-order valence-corrected chi connectivity index (χ2v) is 4.48. The average Bonchev–Trinajstić information content (AvgIpc) is 2.51. The molecule has 1 aliphatic rings. The third-order valence-electron chi connectivity index (χ3n) is 2.63. The first-order valence-electron chi connectivity index (χ1n) is 4.84. The second kappa shape index (κ2) is 4.52. The number of alkyl halides is 2. The average molecular weight is 230 g/mol. The second-order valence-electron chi connectivity index (χ2n) is 3.54. The maximum absolute atomic E-state index is 6.27. The highest BCUT2D eigenvalue weighted by molar-refractivity contribution is 6.21. The molecule has 2 rings (SSSR count). The number of benzene rings is 1. The summed E-state index contributed by atoms with van der Waals surface area (Å²) < 4.78 is 0. The van der Waals surface area contributed by atoms with Gasteiger partial charge in [0.2, 0.25) is 0 Å². The van der Waals surface area contributed by atoms with Crippen molar-refractivity contribution >= 4 is 23.2 Å². The molecule has 0 fully saturated rings. The Morgan fingerprint density at radius 2 is 2.14 bits per heavy atom. The van der Waals surface area contributed by atoms with Crippen LogP contribution in [0, 0.1) is 0 Å². The van der Waals surface area contributed by atoms with Crippen LogP contribution in [0.5, 0.6) is 0 Å². The van der Waals surface area contributed by atoms with E-state index in [1.165, 1.54) is 11.1 Å². The maximum atomic E-state index is 6.27. The van der Waals surface area contributed by atoms with Gasteiger partial charge in [-0.2, -0.15) is 0 Å². The van der Waals surface area contributed by atoms with E-state index < -0.39 is 0 Å². The quantitative estimate of drug-likeness (QED) is 0.787. The van der Waals surface area contributed by atoms with Crippen LogP contribution in [-0.4, -0.2) is 17.8 Å². The van der Waals surface area contributed by atoms with Crippen LogP contribution in [-0.2, 0) is 6.42 Å². The molecular weight excluding hydrogens is 217 g/mol. The van der Waals surface area contributed by atoms with Crippen molar-refractivity contribution in [2.24, 2.45) is 0 Å². The fraction of sp³-hybridized carbons (Fsp3) is 0.455. The normalized spacial score (nSPS) is 25.0. The summed E-state index contributed by atoms with van der Waals surface area (Å²) in [5.41, 5.74) is 2.69. The predicted octanol–water partition coefficient (Wildman–Crippen LogP) is 2.72. The van der Waals surface area contributed by atoms with Gasteiger partial charge in [0.05, 0.1) is 5.38 Å². The number of hydrogen-bond acceptors (Lipinski definition) is 1. The summed E-state index contributed by atoms with van der Waals surface area (Å²) in [6.07, 6.45) is 0.956. The molecule has 0 saturated carbocycles. The molecule has 0 heterocycles. The molecule has 0 aromatic heterocycles. The molecule has 1 aromatic carbocycles. The van der Waals surface area contributed by atoms with Gasteiger partial charge in [0, 0.05) is 18.5 Å². The topological polar surface area (TPSA) is 12.0 Å². The molecule has 0 spiro atoms. The zero-order valence-electron chi connectivity index (χ0n) is 7.84. The van der Waals surface area contributed by atoms with Crippen molar-refractivity contribution in [3.63, 3.8) is 0 Å². The third kappa shape index (κ3) is 1.90. The largest absolute Gasteiger partial charge is 0.307 e. The Balaban J connectivity index is 2.17. The van der Waals surface area contributed by atoms with Crippen LogP contribution in [0.3, 0.4) is 0 Å². The molecule has 0 saturated heterocycles. The summed E-state index contributed by atoms with van der Waals surface area (Å²) >= 11 is 11.9. The first-order chi connectivity index (χ1) is 6.83. The van der Waals surface area contributed by atoms with Crippen molar-refractivity contribution in [1.29, 1.82) is 0 Å². The zero-order valence-corrected chi connectivity index (χ0v) is 9.35. The summed E-state index contributed by atoms with van der Waals surface area (Å²) in [4.78, 5) is 0. The molecule has 1 nitrogen and oxygen atoms in total. The summed E-state index contributed by atoms with van der Waals surface area (Å²) in [5.74, 6) is 0.627. The zero-order chi connectivity index (χ0) is 9.97. The van der Waals surface area contributed by atoms with Crippen molar-refractivity contribution in [1.82, 2.24) is 5.32 Å². The third-order valence-corrected chi connectivity index (χ3v) is 3.22. The molecule has 14 heavy (non-hydrogen) atoms. The van der Waals surface area contributed by atoms with E-state index in [-0.39, 0.29) is 11.4 Å². The van der Waals surface area contributed by atoms with Gasteiger partial charge in [-0.1, -0.05) is 24.3 Å². The number of nitrogens with one attached hydrogen (secondary N) is 1. The van der Waals surface area contributed by atoms with E-state index in [0.717, 1.165) is 13.0 Å². The van der Waals surface area contributed by atoms with Crippen LogP contribution in [0.4, 0.5) is 0 Å². The van der Waals surface area contributed by atoms with Gasteiger partial charge >= 0.3 is 0 Å². The van der Waals surface area contributed by atoms with Gasteiger partial charge in [-0.25, -0.2) is 0 Å². The molecule has 0 aliphatic heterocycles. The molecule has 2 atom stereocenters. The van der Waals surface area contributed by atoms with Crippen LogP contribution in [0.2, 0.25) is 0 Å². The minimum Gasteiger partial charge on any atom is -0.307 e. The summed E-state index contributed by atoms with van der Waals surface area (Å²) in [6, 6.07) is 8.68. The Kier molecular flexibility index (Phi) is 3.32. The van der Waals surface area contributed by atoms with E-state index >= 15 is 0 Å². The Morgan fingerprint density at radius 3 is 2.93 bits per heavy atom. The lowest BCUT2D eigenvalue weighted by atomic mass is 10.1. The molecule has 0 bridgehead atoms. The van der Waals surface area contributed by atoms with E-state index in [2.05, 4.69) is 29.6 Å². The maximum Gasteiger partial charge on any atom is 0.0571 e. The van der Waals surface area contributed by atoms with Gasteiger partial charge in [0.15, 0.2) is 0 Å². The number of halogens is 2. The fourth-order valence-corrected chi connectivity index (χ4v) is 2.49. The molecule has 1 aromatic rings. The first-order valence-corrected chi connectivity index (χ1v) is 5.81. The van der Waals surface area contributed by atoms with Crippen molar-refractivity contribution in [2.45, 2.75) is 17.8 Å². The predicted molar refractivity (Wildman–Crippen MR) is 61.3 cm³/mol. The van der Waals surface area contributed by atoms with Crippen LogP contribution in [0.15, 0.2) is 24.3 Å². The van der Waals surface area contributed by atoms with Gasteiger partial charge in [-0.05, 0) is 17.5 Å². The first kappa shape index (κ1) is 10.3. The summed E-state index contributed by atoms with van der Waals surface area (Å²) in [6.45, 7) is 0.809. The highest BCUT2D eigenvalue weighted by Gasteiger charge is 2.29. The molecule has 1 aliphatic carbocycles. The lowest BCUT2D eigenvalue weighted by molar-refractivity contribution is 0.557. The summed E-state index contributed by atoms with van der Waals surface area (Å²) in [5, 5.41) is 3.54. The minimum atomic E-state index is 0.163. The van der Waals surface area contributed by atoms with Gasteiger partial charge in [0.1, 0.15) is 0 Å². The fourth-order valence-electron chi connectivity index (χ4n) is 1.99. The SMILES string of the molecule is ClCCN[C@@H]1c2ccccc2C[C@H]1Cl. The highest BCUT2D eigenvalue weighted by atomic mass is 35.5. The van der Waals surface area contributed by atoms with Crippen molar-refractivity contribution in [3.8, 4) is 0 Å². The standard InChI is InChI=1S/C11H13Cl2N/c12-5-6-14-11-9-4-2-1-3-8(9)7-10(11)13/h1-4,10-11,14H,5-7H2/t10-,11-/m1/s1. The van der Waals surface area contributed by atoms with Crippen molar-refractivity contribution in [2.75, 3.05) is 12.4 Å². The number of rotatable bonds is 3. The summed E-state index contributed by atoms with van der Waals surface area (Å²) in [7, 11) is 0. The van der Waals surface area contributed by atoms with E-state index in [1.807, 2.05) is 0 Å². The van der Waals surface area contributed by atoms with Crippen LogP contribution < -0.4 is 5.32 Å². The molecule has 0 radical (unpaired) electrons. The van der Waals surface area contributed by atoms with Crippen molar-refractivity contribution < 1.29 is 0 Å². The van der Waals surface area contributed by atoms with Gasteiger partial charge in [0.25, 0.3) is 0 Å². The lowest BCUT2D eigenvalue weighted by Crippen LogP contribution is -2.27. The van der Waals surface area contributed by atoms with Crippen LogP contribution in [0.25, 0.3) is 0 Å². The lowest BCUT2D eigenvalue weighted by Gasteiger charge is -2.16. The number of fused-ring (bicyclic) bond motifs is 1. The Labute approximate surface area is 94.4 Å². The smallest absolute Gasteiger partial charge is 0.0571 e. The Morgan fingerprint density at radius 1 is 1.36 bits per heavy atom. The van der Waals surface area contributed by atoms with Gasteiger partial charge in [-0.3, -0.25) is 0 Å². The van der Waals surface area contributed by atoms with E-state index in [1.54, 1.807) is 0 Å². The van der Waals surface area contributed by atoms with Crippen LogP contribution >= 0.6 is 23.2 Å². The number of hydrogen-bond donors (Lipinski definition) is 1. The van der Waals surface area contributed by atoms with Crippen LogP contribution in [0.1, 0.15) is 17.2 Å². The molecule has 76 valence electrons. The Hall–Kier alpha value is -0.240. The van der Waals surface area contributed by atoms with E-state index in [0.29, 0.717) is 5.88 Å². The van der Waals surface area contributed by atoms with Crippen molar-refractivity contribution in [3.05, 3.63) is 35.4 Å². The minimum absolute atomic E-state index is 0.163. The van der Waals surface area contributed by atoms with Gasteiger partial charge in [-0.15, -0.1) is 23.2 Å².